The molecule has 0 radical (unpaired) electrons. The number of rotatable bonds is 8. The van der Waals surface area contributed by atoms with Gasteiger partial charge in [0.1, 0.15) is 23.0 Å². The second-order valence-corrected chi connectivity index (χ2v) is 10.7. The minimum Gasteiger partial charge on any atom is -0.496 e. The standard InChI is InChI=1S/C29H31ClN4O4/c1-16-23(38-24-9-10-32-22-15-25(37-6)21(28(31)36)14-20(22)24)8-7-17(27(16)30)11-19(35)12-18-13-26(29(2,3)4)33-34(18)5/h7-10,13-15H,11-12H2,1-6H3,(H2,31,36). The number of nitrogens with zero attached hydrogens (tertiary/aromatic N) is 3. The van der Waals surface area contributed by atoms with Gasteiger partial charge in [-0.25, -0.2) is 0 Å². The van der Waals surface area contributed by atoms with Crippen LogP contribution in [0.25, 0.3) is 10.9 Å². The molecule has 2 aromatic heterocycles. The highest BCUT2D eigenvalue weighted by molar-refractivity contribution is 6.32. The van der Waals surface area contributed by atoms with E-state index in [0.717, 1.165) is 17.0 Å². The number of halogens is 1. The zero-order chi connectivity index (χ0) is 27.8. The Bertz CT molecular complexity index is 1550. The highest BCUT2D eigenvalue weighted by atomic mass is 35.5. The van der Waals surface area contributed by atoms with E-state index in [1.54, 1.807) is 41.2 Å². The van der Waals surface area contributed by atoms with E-state index in [1.165, 1.54) is 7.11 Å². The van der Waals surface area contributed by atoms with Gasteiger partial charge in [-0.3, -0.25) is 19.3 Å². The summed E-state index contributed by atoms with van der Waals surface area (Å²) in [6, 6.07) is 10.5. The maximum Gasteiger partial charge on any atom is 0.252 e. The monoisotopic (exact) mass is 534 g/mol. The van der Waals surface area contributed by atoms with Gasteiger partial charge in [-0.15, -0.1) is 0 Å². The van der Waals surface area contributed by atoms with E-state index < -0.39 is 5.91 Å². The van der Waals surface area contributed by atoms with Gasteiger partial charge in [0, 0.05) is 54.2 Å². The Kier molecular flexibility index (Phi) is 7.47. The third-order valence-corrected chi connectivity index (χ3v) is 6.96. The summed E-state index contributed by atoms with van der Waals surface area (Å²) in [7, 11) is 3.32. The highest BCUT2D eigenvalue weighted by Gasteiger charge is 2.21. The van der Waals surface area contributed by atoms with Gasteiger partial charge in [0.15, 0.2) is 0 Å². The molecule has 9 heteroatoms. The van der Waals surface area contributed by atoms with Crippen LogP contribution in [0.15, 0.2) is 42.6 Å². The molecule has 1 amide bonds. The van der Waals surface area contributed by atoms with Crippen molar-refractivity contribution in [3.05, 3.63) is 75.7 Å². The SMILES string of the molecule is COc1cc2nccc(Oc3ccc(CC(=O)Cc4cc(C(C)(C)C)nn4C)c(Cl)c3C)c2cc1C(N)=O. The number of pyridine rings is 1. The van der Waals surface area contributed by atoms with Crippen LogP contribution in [0.1, 0.15) is 53.6 Å². The van der Waals surface area contributed by atoms with Crippen LogP contribution in [-0.2, 0) is 30.1 Å². The lowest BCUT2D eigenvalue weighted by atomic mass is 9.92. The highest BCUT2D eigenvalue weighted by Crippen LogP contribution is 2.37. The number of aromatic nitrogens is 3. The Hall–Kier alpha value is -3.91. The molecule has 4 rings (SSSR count). The van der Waals surface area contributed by atoms with Crippen molar-refractivity contribution in [2.45, 2.75) is 46.0 Å². The lowest BCUT2D eigenvalue weighted by molar-refractivity contribution is -0.117. The molecule has 0 bridgehead atoms. The number of hydrogen-bond donors (Lipinski definition) is 1. The van der Waals surface area contributed by atoms with Crippen molar-refractivity contribution >= 4 is 34.2 Å². The van der Waals surface area contributed by atoms with Crippen LogP contribution in [0.5, 0.6) is 17.2 Å². The summed E-state index contributed by atoms with van der Waals surface area (Å²) in [5, 5.41) is 5.62. The number of hydrogen-bond acceptors (Lipinski definition) is 6. The summed E-state index contributed by atoms with van der Waals surface area (Å²) in [6.45, 7) is 8.11. The first-order valence-electron chi connectivity index (χ1n) is 12.2. The van der Waals surface area contributed by atoms with Crippen molar-refractivity contribution in [2.24, 2.45) is 12.8 Å². The van der Waals surface area contributed by atoms with Gasteiger partial charge in [-0.2, -0.15) is 5.10 Å². The quantitative estimate of drug-likeness (QED) is 0.320. The molecule has 0 saturated carbocycles. The average molecular weight is 535 g/mol. The van der Waals surface area contributed by atoms with Crippen LogP contribution in [0.4, 0.5) is 0 Å². The number of fused-ring (bicyclic) bond motifs is 1. The zero-order valence-corrected chi connectivity index (χ0v) is 23.1. The number of ether oxygens (including phenoxy) is 2. The molecule has 2 aromatic carbocycles. The van der Waals surface area contributed by atoms with Gasteiger partial charge >= 0.3 is 0 Å². The first kappa shape index (κ1) is 27.1. The second-order valence-electron chi connectivity index (χ2n) is 10.3. The molecular formula is C29H31ClN4O4. The van der Waals surface area contributed by atoms with E-state index in [9.17, 15) is 9.59 Å². The summed E-state index contributed by atoms with van der Waals surface area (Å²) in [5.74, 6) is 0.762. The van der Waals surface area contributed by atoms with E-state index in [4.69, 9.17) is 26.8 Å². The van der Waals surface area contributed by atoms with Crippen LogP contribution < -0.4 is 15.2 Å². The third kappa shape index (κ3) is 5.50. The average Bonchev–Trinajstić information content (AvgIpc) is 3.23. The van der Waals surface area contributed by atoms with Crippen molar-refractivity contribution in [1.82, 2.24) is 14.8 Å². The number of Topliss-reactive ketones (excluding diaryl/α,β-unsaturated/α-hetero) is 1. The number of benzene rings is 2. The van der Waals surface area contributed by atoms with Crippen LogP contribution in [-0.4, -0.2) is 33.6 Å². The molecule has 0 aliphatic heterocycles. The van der Waals surface area contributed by atoms with Crippen molar-refractivity contribution in [3.8, 4) is 17.2 Å². The number of carbonyl (C=O) groups is 2. The normalized spacial score (nSPS) is 11.6. The van der Waals surface area contributed by atoms with E-state index in [2.05, 4.69) is 30.9 Å². The summed E-state index contributed by atoms with van der Waals surface area (Å²) in [4.78, 5) is 29.2. The van der Waals surface area contributed by atoms with Crippen LogP contribution >= 0.6 is 11.6 Å². The summed E-state index contributed by atoms with van der Waals surface area (Å²) >= 11 is 6.69. The topological polar surface area (TPSA) is 109 Å². The van der Waals surface area contributed by atoms with E-state index >= 15 is 0 Å². The molecule has 38 heavy (non-hydrogen) atoms. The number of amides is 1. The van der Waals surface area contributed by atoms with Crippen molar-refractivity contribution < 1.29 is 19.1 Å². The molecular weight excluding hydrogens is 504 g/mol. The molecule has 198 valence electrons. The predicted molar refractivity (Wildman–Crippen MR) is 147 cm³/mol. The van der Waals surface area contributed by atoms with Crippen LogP contribution in [0, 0.1) is 6.92 Å². The molecule has 4 aromatic rings. The smallest absolute Gasteiger partial charge is 0.252 e. The minimum atomic E-state index is -0.618. The molecule has 0 aliphatic carbocycles. The maximum absolute atomic E-state index is 12.9. The Morgan fingerprint density at radius 1 is 1.05 bits per heavy atom. The molecule has 0 unspecified atom stereocenters. The summed E-state index contributed by atoms with van der Waals surface area (Å²) in [5.41, 5.74) is 9.48. The molecule has 0 atom stereocenters. The van der Waals surface area contributed by atoms with E-state index in [1.807, 2.05) is 20.0 Å². The van der Waals surface area contributed by atoms with E-state index in [-0.39, 0.29) is 29.6 Å². The largest absolute Gasteiger partial charge is 0.496 e. The predicted octanol–water partition coefficient (Wildman–Crippen LogP) is 5.48. The molecule has 0 saturated heterocycles. The zero-order valence-electron chi connectivity index (χ0n) is 22.4. The molecule has 2 heterocycles. The van der Waals surface area contributed by atoms with Crippen molar-refractivity contribution in [3.63, 3.8) is 0 Å². The van der Waals surface area contributed by atoms with Gasteiger partial charge in [0.25, 0.3) is 5.91 Å². The lowest BCUT2D eigenvalue weighted by Crippen LogP contribution is -2.12. The first-order valence-corrected chi connectivity index (χ1v) is 12.5. The van der Waals surface area contributed by atoms with Gasteiger partial charge in [-0.05, 0) is 36.8 Å². The molecule has 0 aliphatic rings. The Labute approximate surface area is 226 Å². The Morgan fingerprint density at radius 2 is 1.79 bits per heavy atom. The lowest BCUT2D eigenvalue weighted by Gasteiger charge is -2.15. The molecule has 2 N–H and O–H groups in total. The van der Waals surface area contributed by atoms with Crippen molar-refractivity contribution in [1.29, 1.82) is 0 Å². The summed E-state index contributed by atoms with van der Waals surface area (Å²) < 4.78 is 13.2. The fourth-order valence-corrected chi connectivity index (χ4v) is 4.43. The van der Waals surface area contributed by atoms with Gasteiger partial charge in [-0.1, -0.05) is 38.4 Å². The molecule has 0 spiro atoms. The van der Waals surface area contributed by atoms with E-state index in [0.29, 0.717) is 38.7 Å². The Morgan fingerprint density at radius 3 is 2.42 bits per heavy atom. The number of ketones is 1. The first-order chi connectivity index (χ1) is 17.9. The fraction of sp³-hybridized carbons (Fsp3) is 0.310. The number of carbonyl (C=O) groups excluding carboxylic acids is 2. The second kappa shape index (κ2) is 10.5. The maximum atomic E-state index is 12.9. The molecule has 0 fully saturated rings. The number of aryl methyl sites for hydroxylation is 1. The van der Waals surface area contributed by atoms with Gasteiger partial charge in [0.05, 0.1) is 28.9 Å². The third-order valence-electron chi connectivity index (χ3n) is 6.44. The number of methoxy groups -OCH3 is 1. The minimum absolute atomic E-state index is 0.0384. The van der Waals surface area contributed by atoms with Gasteiger partial charge < -0.3 is 15.2 Å². The number of primary amides is 1. The van der Waals surface area contributed by atoms with Gasteiger partial charge in [0.2, 0.25) is 0 Å². The molecule has 8 nitrogen and oxygen atoms in total. The van der Waals surface area contributed by atoms with Crippen LogP contribution in [0.3, 0.4) is 0 Å². The van der Waals surface area contributed by atoms with Crippen LogP contribution in [0.2, 0.25) is 5.02 Å². The fourth-order valence-electron chi connectivity index (χ4n) is 4.20. The Balaban J connectivity index is 1.57. The summed E-state index contributed by atoms with van der Waals surface area (Å²) in [6.07, 6.45) is 2.06. The number of nitrogens with two attached hydrogens (primary N) is 1. The van der Waals surface area contributed by atoms with Crippen molar-refractivity contribution in [2.75, 3.05) is 7.11 Å².